The Bertz CT molecular complexity index is 1340. The summed E-state index contributed by atoms with van der Waals surface area (Å²) in [6.45, 7) is 5.98. The first kappa shape index (κ1) is 27.0. The van der Waals surface area contributed by atoms with Crippen molar-refractivity contribution in [3.05, 3.63) is 102 Å². The van der Waals surface area contributed by atoms with Gasteiger partial charge in [0.05, 0.1) is 30.3 Å². The number of unbranched alkanes of at least 4 members (excludes halogenated alkanes) is 2. The highest BCUT2D eigenvalue weighted by Gasteiger charge is 2.12. The van der Waals surface area contributed by atoms with Crippen LogP contribution in [0, 0.1) is 0 Å². The Morgan fingerprint density at radius 1 is 0.947 bits per heavy atom. The lowest BCUT2D eigenvalue weighted by Crippen LogP contribution is -2.24. The molecule has 4 rings (SSSR count). The van der Waals surface area contributed by atoms with Crippen LogP contribution in [-0.4, -0.2) is 35.7 Å². The molecule has 0 aliphatic heterocycles. The van der Waals surface area contributed by atoms with E-state index in [4.69, 9.17) is 14.5 Å². The number of fused-ring (bicyclic) bond motifs is 1. The minimum Gasteiger partial charge on any atom is -0.496 e. The summed E-state index contributed by atoms with van der Waals surface area (Å²) >= 11 is 0. The Kier molecular flexibility index (Phi) is 9.96. The van der Waals surface area contributed by atoms with E-state index < -0.39 is 0 Å². The number of amides is 1. The van der Waals surface area contributed by atoms with Crippen molar-refractivity contribution in [1.29, 1.82) is 0 Å². The number of carbonyl (C=O) groups excluding carboxylic acids is 1. The van der Waals surface area contributed by atoms with Gasteiger partial charge in [-0.3, -0.25) is 4.79 Å². The predicted octanol–water partition coefficient (Wildman–Crippen LogP) is 6.39. The van der Waals surface area contributed by atoms with Gasteiger partial charge < -0.3 is 19.4 Å². The van der Waals surface area contributed by atoms with Crippen molar-refractivity contribution < 1.29 is 14.3 Å². The molecule has 4 aromatic rings. The Hall–Kier alpha value is -4.06. The van der Waals surface area contributed by atoms with Crippen molar-refractivity contribution in [2.24, 2.45) is 0 Å². The normalized spacial score (nSPS) is 10.9. The lowest BCUT2D eigenvalue weighted by molar-refractivity contribution is 0.0950. The number of para-hydroxylation sites is 4. The topological polar surface area (TPSA) is 65.4 Å². The second kappa shape index (κ2) is 14.0. The van der Waals surface area contributed by atoms with Crippen LogP contribution >= 0.6 is 0 Å². The SMILES string of the molecule is C=CCc1ccccc1OCCCn1c(CCCCCNC(=O)c2ccccc2OC)nc2ccccc21. The van der Waals surface area contributed by atoms with Crippen LogP contribution in [0.4, 0.5) is 0 Å². The van der Waals surface area contributed by atoms with Gasteiger partial charge in [0.2, 0.25) is 0 Å². The van der Waals surface area contributed by atoms with Crippen LogP contribution in [0.25, 0.3) is 11.0 Å². The number of hydrogen-bond acceptors (Lipinski definition) is 4. The smallest absolute Gasteiger partial charge is 0.255 e. The Morgan fingerprint density at radius 2 is 1.71 bits per heavy atom. The van der Waals surface area contributed by atoms with Crippen LogP contribution in [0.1, 0.15) is 47.4 Å². The average Bonchev–Trinajstić information content (AvgIpc) is 3.31. The molecule has 198 valence electrons. The molecule has 1 N–H and O–H groups in total. The summed E-state index contributed by atoms with van der Waals surface area (Å²) in [5.74, 6) is 2.53. The largest absolute Gasteiger partial charge is 0.496 e. The maximum atomic E-state index is 12.5. The Labute approximate surface area is 225 Å². The third-order valence-electron chi connectivity index (χ3n) is 6.57. The second-order valence-electron chi connectivity index (χ2n) is 9.24. The lowest BCUT2D eigenvalue weighted by Gasteiger charge is -2.12. The maximum absolute atomic E-state index is 12.5. The number of aryl methyl sites for hydroxylation is 2. The van der Waals surface area contributed by atoms with Gasteiger partial charge in [0, 0.05) is 19.5 Å². The van der Waals surface area contributed by atoms with E-state index in [-0.39, 0.29) is 5.91 Å². The fourth-order valence-corrected chi connectivity index (χ4v) is 4.65. The van der Waals surface area contributed by atoms with Crippen LogP contribution < -0.4 is 14.8 Å². The number of benzene rings is 3. The van der Waals surface area contributed by atoms with Gasteiger partial charge in [-0.25, -0.2) is 4.98 Å². The van der Waals surface area contributed by atoms with E-state index in [2.05, 4.69) is 40.7 Å². The van der Waals surface area contributed by atoms with Gasteiger partial charge in [-0.2, -0.15) is 0 Å². The third kappa shape index (κ3) is 7.03. The number of methoxy groups -OCH3 is 1. The molecule has 38 heavy (non-hydrogen) atoms. The minimum atomic E-state index is -0.0985. The van der Waals surface area contributed by atoms with Crippen LogP contribution in [-0.2, 0) is 19.4 Å². The quantitative estimate of drug-likeness (QED) is 0.148. The third-order valence-corrected chi connectivity index (χ3v) is 6.57. The zero-order chi connectivity index (χ0) is 26.6. The van der Waals surface area contributed by atoms with Gasteiger partial charge in [0.25, 0.3) is 5.91 Å². The average molecular weight is 512 g/mol. The Morgan fingerprint density at radius 3 is 2.55 bits per heavy atom. The summed E-state index contributed by atoms with van der Waals surface area (Å²) < 4.78 is 13.7. The molecule has 0 atom stereocenters. The number of imidazole rings is 1. The number of carbonyl (C=O) groups is 1. The highest BCUT2D eigenvalue weighted by atomic mass is 16.5. The highest BCUT2D eigenvalue weighted by Crippen LogP contribution is 2.21. The number of ether oxygens (including phenoxy) is 2. The summed E-state index contributed by atoms with van der Waals surface area (Å²) in [5, 5.41) is 3.01. The molecule has 0 saturated heterocycles. The molecule has 0 fully saturated rings. The standard InChI is InChI=1S/C32H37N3O3/c1-3-14-25-15-6-10-19-29(25)38-24-13-23-35-28-18-9-8-17-27(28)34-31(35)21-5-4-12-22-33-32(36)26-16-7-11-20-30(26)37-2/h3,6-11,15-20H,1,4-5,12-14,21-24H2,2H3,(H,33,36). The molecule has 0 radical (unpaired) electrons. The molecule has 1 aromatic heterocycles. The van der Waals surface area contributed by atoms with E-state index in [0.717, 1.165) is 67.7 Å². The van der Waals surface area contributed by atoms with Gasteiger partial charge in [0.1, 0.15) is 17.3 Å². The summed E-state index contributed by atoms with van der Waals surface area (Å²) in [4.78, 5) is 17.4. The number of allylic oxidation sites excluding steroid dienone is 1. The van der Waals surface area contributed by atoms with E-state index in [1.165, 1.54) is 5.52 Å². The van der Waals surface area contributed by atoms with Crippen LogP contribution in [0.5, 0.6) is 11.5 Å². The molecular weight excluding hydrogens is 474 g/mol. The minimum absolute atomic E-state index is 0.0985. The lowest BCUT2D eigenvalue weighted by atomic mass is 10.1. The number of rotatable bonds is 15. The molecule has 1 amide bonds. The van der Waals surface area contributed by atoms with Gasteiger partial charge in [-0.1, -0.05) is 55.0 Å². The first-order chi connectivity index (χ1) is 18.7. The van der Waals surface area contributed by atoms with E-state index >= 15 is 0 Å². The summed E-state index contributed by atoms with van der Waals surface area (Å²) in [5.41, 5.74) is 3.93. The first-order valence-electron chi connectivity index (χ1n) is 13.4. The molecular formula is C32H37N3O3. The predicted molar refractivity (Wildman–Crippen MR) is 153 cm³/mol. The zero-order valence-electron chi connectivity index (χ0n) is 22.2. The van der Waals surface area contributed by atoms with Crippen molar-refractivity contribution in [1.82, 2.24) is 14.9 Å². The van der Waals surface area contributed by atoms with Crippen molar-refractivity contribution >= 4 is 16.9 Å². The summed E-state index contributed by atoms with van der Waals surface area (Å²) in [6, 6.07) is 23.7. The maximum Gasteiger partial charge on any atom is 0.255 e. The summed E-state index contributed by atoms with van der Waals surface area (Å²) in [7, 11) is 1.58. The Balaban J connectivity index is 1.26. The van der Waals surface area contributed by atoms with Crippen molar-refractivity contribution in [3.63, 3.8) is 0 Å². The van der Waals surface area contributed by atoms with Crippen LogP contribution in [0.15, 0.2) is 85.5 Å². The molecule has 6 nitrogen and oxygen atoms in total. The molecule has 0 spiro atoms. The van der Waals surface area contributed by atoms with E-state index in [0.29, 0.717) is 24.5 Å². The number of hydrogen-bond donors (Lipinski definition) is 1. The van der Waals surface area contributed by atoms with E-state index in [1.807, 2.05) is 42.5 Å². The molecule has 0 aliphatic carbocycles. The molecule has 0 bridgehead atoms. The summed E-state index contributed by atoms with van der Waals surface area (Å²) in [6.07, 6.45) is 7.44. The van der Waals surface area contributed by atoms with E-state index in [1.54, 1.807) is 19.2 Å². The number of nitrogens with one attached hydrogen (secondary N) is 1. The van der Waals surface area contributed by atoms with Gasteiger partial charge in [-0.05, 0) is 61.6 Å². The monoisotopic (exact) mass is 511 g/mol. The van der Waals surface area contributed by atoms with Gasteiger partial charge >= 0.3 is 0 Å². The molecule has 0 saturated carbocycles. The number of nitrogens with zero attached hydrogens (tertiary/aromatic N) is 2. The zero-order valence-corrected chi connectivity index (χ0v) is 22.2. The second-order valence-corrected chi connectivity index (χ2v) is 9.24. The van der Waals surface area contributed by atoms with Crippen molar-refractivity contribution in [3.8, 4) is 11.5 Å². The highest BCUT2D eigenvalue weighted by molar-refractivity contribution is 5.96. The van der Waals surface area contributed by atoms with Gasteiger partial charge in [-0.15, -0.1) is 6.58 Å². The molecule has 6 heteroatoms. The van der Waals surface area contributed by atoms with Crippen molar-refractivity contribution in [2.45, 2.75) is 45.1 Å². The van der Waals surface area contributed by atoms with E-state index in [9.17, 15) is 4.79 Å². The molecule has 0 aliphatic rings. The molecule has 0 unspecified atom stereocenters. The molecule has 3 aromatic carbocycles. The fraction of sp³-hybridized carbons (Fsp3) is 0.312. The number of aromatic nitrogens is 2. The van der Waals surface area contributed by atoms with Crippen LogP contribution in [0.2, 0.25) is 0 Å². The fourth-order valence-electron chi connectivity index (χ4n) is 4.65. The first-order valence-corrected chi connectivity index (χ1v) is 13.4. The van der Waals surface area contributed by atoms with Gasteiger partial charge in [0.15, 0.2) is 0 Å². The van der Waals surface area contributed by atoms with Crippen LogP contribution in [0.3, 0.4) is 0 Å². The molecule has 1 heterocycles. The van der Waals surface area contributed by atoms with Crippen molar-refractivity contribution in [2.75, 3.05) is 20.3 Å².